The van der Waals surface area contributed by atoms with Crippen LogP contribution in [0.15, 0.2) is 18.2 Å². The molecule has 0 spiro atoms. The van der Waals surface area contributed by atoms with E-state index in [1.807, 2.05) is 25.2 Å². The van der Waals surface area contributed by atoms with Crippen molar-refractivity contribution in [2.75, 3.05) is 38.2 Å². The van der Waals surface area contributed by atoms with Gasteiger partial charge in [0.1, 0.15) is 0 Å². The van der Waals surface area contributed by atoms with Crippen molar-refractivity contribution < 1.29 is 9.53 Å². The molecule has 1 atom stereocenters. The van der Waals surface area contributed by atoms with E-state index >= 15 is 0 Å². The summed E-state index contributed by atoms with van der Waals surface area (Å²) < 4.78 is 5.63. The fraction of sp³-hybridized carbons (Fsp3) is 0.632. The van der Waals surface area contributed by atoms with Crippen LogP contribution in [-0.4, -0.2) is 50.2 Å². The van der Waals surface area contributed by atoms with Crippen molar-refractivity contribution in [2.45, 2.75) is 44.6 Å². The number of benzene rings is 1. The van der Waals surface area contributed by atoms with E-state index in [1.165, 1.54) is 19.3 Å². The van der Waals surface area contributed by atoms with Crippen LogP contribution in [0, 0.1) is 0 Å². The van der Waals surface area contributed by atoms with Gasteiger partial charge < -0.3 is 14.5 Å². The van der Waals surface area contributed by atoms with Crippen molar-refractivity contribution in [1.29, 1.82) is 0 Å². The highest BCUT2D eigenvalue weighted by molar-refractivity contribution is 6.33. The standard InChI is InChI=1S/C19H27ClN2O2/c1-21(10-4-6-16-7-5-13-24-16)19(23)15-8-9-18(17(20)14-15)22-11-2-3-12-22/h8-9,14,16H,2-7,10-13H2,1H3. The van der Waals surface area contributed by atoms with Gasteiger partial charge in [0.2, 0.25) is 0 Å². The Balaban J connectivity index is 1.54. The Bertz CT molecular complexity index is 566. The molecule has 2 aliphatic heterocycles. The first kappa shape index (κ1) is 17.6. The van der Waals surface area contributed by atoms with E-state index < -0.39 is 0 Å². The number of hydrogen-bond acceptors (Lipinski definition) is 3. The summed E-state index contributed by atoms with van der Waals surface area (Å²) in [4.78, 5) is 16.7. The molecule has 4 nitrogen and oxygen atoms in total. The normalized spacial score (nSPS) is 20.6. The number of ether oxygens (including phenoxy) is 1. The summed E-state index contributed by atoms with van der Waals surface area (Å²) in [6, 6.07) is 5.70. The molecule has 2 fully saturated rings. The zero-order valence-corrected chi connectivity index (χ0v) is 15.2. The summed E-state index contributed by atoms with van der Waals surface area (Å²) in [6.45, 7) is 3.75. The van der Waals surface area contributed by atoms with Crippen molar-refractivity contribution in [2.24, 2.45) is 0 Å². The maximum absolute atomic E-state index is 12.6. The Morgan fingerprint density at radius 2 is 2.12 bits per heavy atom. The second kappa shape index (κ2) is 8.21. The molecule has 0 aliphatic carbocycles. The fourth-order valence-electron chi connectivity index (χ4n) is 3.60. The number of nitrogens with zero attached hydrogens (tertiary/aromatic N) is 2. The van der Waals surface area contributed by atoms with E-state index in [0.717, 1.165) is 51.2 Å². The van der Waals surface area contributed by atoms with Gasteiger partial charge in [0.05, 0.1) is 16.8 Å². The number of carbonyl (C=O) groups is 1. The number of carbonyl (C=O) groups excluding carboxylic acids is 1. The van der Waals surface area contributed by atoms with Gasteiger partial charge in [-0.05, 0) is 56.7 Å². The number of anilines is 1. The first-order chi connectivity index (χ1) is 11.6. The van der Waals surface area contributed by atoms with E-state index in [2.05, 4.69) is 4.90 Å². The zero-order valence-electron chi connectivity index (χ0n) is 14.5. The Morgan fingerprint density at radius 3 is 2.79 bits per heavy atom. The Morgan fingerprint density at radius 1 is 1.33 bits per heavy atom. The summed E-state index contributed by atoms with van der Waals surface area (Å²) in [6.07, 6.45) is 7.16. The third kappa shape index (κ3) is 4.22. The van der Waals surface area contributed by atoms with Crippen LogP contribution in [0.25, 0.3) is 0 Å². The highest BCUT2D eigenvalue weighted by Gasteiger charge is 2.19. The zero-order chi connectivity index (χ0) is 16.9. The van der Waals surface area contributed by atoms with Crippen LogP contribution >= 0.6 is 11.6 Å². The molecule has 0 N–H and O–H groups in total. The van der Waals surface area contributed by atoms with Gasteiger partial charge in [0.15, 0.2) is 0 Å². The average Bonchev–Trinajstić information content (AvgIpc) is 3.27. The largest absolute Gasteiger partial charge is 0.378 e. The minimum absolute atomic E-state index is 0.0391. The topological polar surface area (TPSA) is 32.8 Å². The minimum Gasteiger partial charge on any atom is -0.378 e. The predicted molar refractivity (Wildman–Crippen MR) is 98.1 cm³/mol. The van der Waals surface area contributed by atoms with Gasteiger partial charge in [-0.1, -0.05) is 11.6 Å². The van der Waals surface area contributed by atoms with Crippen molar-refractivity contribution in [3.63, 3.8) is 0 Å². The number of hydrogen-bond donors (Lipinski definition) is 0. The summed E-state index contributed by atoms with van der Waals surface area (Å²) in [5.74, 6) is 0.0391. The first-order valence-corrected chi connectivity index (χ1v) is 9.44. The van der Waals surface area contributed by atoms with E-state index in [1.54, 1.807) is 4.90 Å². The second-order valence-corrected chi connectivity index (χ2v) is 7.27. The van der Waals surface area contributed by atoms with Crippen LogP contribution in [0.3, 0.4) is 0 Å². The molecule has 24 heavy (non-hydrogen) atoms. The predicted octanol–water partition coefficient (Wildman–Crippen LogP) is 3.97. The Kier molecular flexibility index (Phi) is 6.01. The molecule has 1 aromatic rings. The number of halogens is 1. The van der Waals surface area contributed by atoms with E-state index in [-0.39, 0.29) is 5.91 Å². The lowest BCUT2D eigenvalue weighted by Gasteiger charge is -2.21. The highest BCUT2D eigenvalue weighted by atomic mass is 35.5. The van der Waals surface area contributed by atoms with Gasteiger partial charge in [-0.15, -0.1) is 0 Å². The molecule has 5 heteroatoms. The Hall–Kier alpha value is -1.26. The minimum atomic E-state index is 0.0391. The SMILES string of the molecule is CN(CCCC1CCCO1)C(=O)c1ccc(N2CCCC2)c(Cl)c1. The molecule has 2 aliphatic rings. The molecule has 132 valence electrons. The molecule has 0 aromatic heterocycles. The molecular weight excluding hydrogens is 324 g/mol. The van der Waals surface area contributed by atoms with Crippen LogP contribution in [-0.2, 0) is 4.74 Å². The monoisotopic (exact) mass is 350 g/mol. The summed E-state index contributed by atoms with van der Waals surface area (Å²) in [7, 11) is 1.86. The second-order valence-electron chi connectivity index (χ2n) is 6.86. The third-order valence-electron chi connectivity index (χ3n) is 5.03. The third-order valence-corrected chi connectivity index (χ3v) is 5.33. The van der Waals surface area contributed by atoms with E-state index in [9.17, 15) is 4.79 Å². The molecule has 0 radical (unpaired) electrons. The molecule has 3 rings (SSSR count). The van der Waals surface area contributed by atoms with Crippen molar-refractivity contribution in [1.82, 2.24) is 4.90 Å². The van der Waals surface area contributed by atoms with Gasteiger partial charge in [-0.2, -0.15) is 0 Å². The van der Waals surface area contributed by atoms with Crippen molar-refractivity contribution in [3.8, 4) is 0 Å². The van der Waals surface area contributed by atoms with Crippen LogP contribution < -0.4 is 4.90 Å². The molecule has 1 aromatic carbocycles. The van der Waals surface area contributed by atoms with E-state index in [0.29, 0.717) is 16.7 Å². The van der Waals surface area contributed by atoms with Crippen LogP contribution in [0.2, 0.25) is 5.02 Å². The lowest BCUT2D eigenvalue weighted by molar-refractivity contribution is 0.0763. The van der Waals surface area contributed by atoms with Gasteiger partial charge >= 0.3 is 0 Å². The van der Waals surface area contributed by atoms with E-state index in [4.69, 9.17) is 16.3 Å². The van der Waals surface area contributed by atoms with Crippen LogP contribution in [0.4, 0.5) is 5.69 Å². The molecular formula is C19H27ClN2O2. The highest BCUT2D eigenvalue weighted by Crippen LogP contribution is 2.30. The van der Waals surface area contributed by atoms with Crippen LogP contribution in [0.5, 0.6) is 0 Å². The molecule has 0 bridgehead atoms. The molecule has 2 heterocycles. The van der Waals surface area contributed by atoms with Crippen LogP contribution in [0.1, 0.15) is 48.9 Å². The lowest BCUT2D eigenvalue weighted by Crippen LogP contribution is -2.28. The Labute approximate surface area is 149 Å². The molecule has 1 amide bonds. The van der Waals surface area contributed by atoms with Gasteiger partial charge in [0.25, 0.3) is 5.91 Å². The summed E-state index contributed by atoms with van der Waals surface area (Å²) in [5, 5.41) is 0.676. The first-order valence-electron chi connectivity index (χ1n) is 9.07. The molecule has 0 saturated carbocycles. The summed E-state index contributed by atoms with van der Waals surface area (Å²) in [5.41, 5.74) is 1.72. The summed E-state index contributed by atoms with van der Waals surface area (Å²) >= 11 is 6.42. The van der Waals surface area contributed by atoms with Gasteiger partial charge in [-0.3, -0.25) is 4.79 Å². The van der Waals surface area contributed by atoms with Crippen molar-refractivity contribution >= 4 is 23.2 Å². The molecule has 1 unspecified atom stereocenters. The maximum Gasteiger partial charge on any atom is 0.253 e. The average molecular weight is 351 g/mol. The van der Waals surface area contributed by atoms with Gasteiger partial charge in [-0.25, -0.2) is 0 Å². The smallest absolute Gasteiger partial charge is 0.253 e. The number of amides is 1. The quantitative estimate of drug-likeness (QED) is 0.778. The van der Waals surface area contributed by atoms with Crippen molar-refractivity contribution in [3.05, 3.63) is 28.8 Å². The molecule has 2 saturated heterocycles. The van der Waals surface area contributed by atoms with Gasteiger partial charge in [0, 0.05) is 38.9 Å². The number of rotatable bonds is 6. The lowest BCUT2D eigenvalue weighted by atomic mass is 10.1. The maximum atomic E-state index is 12.6. The fourth-order valence-corrected chi connectivity index (χ4v) is 3.90.